The third kappa shape index (κ3) is 2.36. The lowest BCUT2D eigenvalue weighted by atomic mass is 10.2. The van der Waals surface area contributed by atoms with Gasteiger partial charge in [-0.3, -0.25) is 0 Å². The minimum absolute atomic E-state index is 0.336. The molecule has 4 heteroatoms. The molecule has 0 unspecified atom stereocenters. The van der Waals surface area contributed by atoms with Crippen LogP contribution in [0.1, 0.15) is 5.56 Å². The lowest BCUT2D eigenvalue weighted by Crippen LogP contribution is -1.95. The summed E-state index contributed by atoms with van der Waals surface area (Å²) in [7, 11) is 1.59. The van der Waals surface area contributed by atoms with E-state index in [0.29, 0.717) is 28.5 Å². The van der Waals surface area contributed by atoms with Crippen LogP contribution in [-0.4, -0.2) is 7.11 Å². The van der Waals surface area contributed by atoms with Gasteiger partial charge in [0.25, 0.3) is 0 Å². The zero-order valence-electron chi connectivity index (χ0n) is 9.88. The monoisotopic (exact) mass is 240 g/mol. The molecule has 0 radical (unpaired) electrons. The van der Waals surface area contributed by atoms with E-state index in [1.165, 1.54) is 0 Å². The van der Waals surface area contributed by atoms with Gasteiger partial charge in [0.15, 0.2) is 5.75 Å². The van der Waals surface area contributed by atoms with E-state index in [2.05, 4.69) is 0 Å². The Morgan fingerprint density at radius 3 is 2.56 bits per heavy atom. The third-order valence-corrected chi connectivity index (χ3v) is 2.46. The fraction of sp³-hybridized carbons (Fsp3) is 0.0714. The number of nitrogens with two attached hydrogens (primary N) is 1. The number of methoxy groups -OCH3 is 1. The Kier molecular flexibility index (Phi) is 3.35. The van der Waals surface area contributed by atoms with Gasteiger partial charge in [0.2, 0.25) is 0 Å². The second kappa shape index (κ2) is 5.11. The Labute approximate surface area is 105 Å². The number of nitrogen functional groups attached to an aromatic ring is 1. The number of hydrogen-bond acceptors (Lipinski definition) is 4. The molecule has 0 bridgehead atoms. The maximum absolute atomic E-state index is 8.89. The Hall–Kier alpha value is -2.67. The van der Waals surface area contributed by atoms with Crippen molar-refractivity contribution in [3.63, 3.8) is 0 Å². The quantitative estimate of drug-likeness (QED) is 0.837. The Morgan fingerprint density at radius 1 is 1.11 bits per heavy atom. The maximum Gasteiger partial charge on any atom is 0.151 e. The fourth-order valence-electron chi connectivity index (χ4n) is 1.52. The number of rotatable bonds is 3. The summed E-state index contributed by atoms with van der Waals surface area (Å²) < 4.78 is 10.7. The van der Waals surface area contributed by atoms with Gasteiger partial charge in [0, 0.05) is 6.07 Å². The summed E-state index contributed by atoms with van der Waals surface area (Å²) in [6.07, 6.45) is 0. The van der Waals surface area contributed by atoms with Gasteiger partial charge < -0.3 is 15.2 Å². The van der Waals surface area contributed by atoms with Gasteiger partial charge in [0.1, 0.15) is 17.6 Å². The molecule has 90 valence electrons. The molecule has 2 aromatic carbocycles. The molecule has 0 spiro atoms. The van der Waals surface area contributed by atoms with Crippen LogP contribution in [0.2, 0.25) is 0 Å². The zero-order chi connectivity index (χ0) is 13.0. The largest absolute Gasteiger partial charge is 0.497 e. The van der Waals surface area contributed by atoms with Gasteiger partial charge in [0.05, 0.1) is 18.4 Å². The Balaban J connectivity index is 2.31. The van der Waals surface area contributed by atoms with Gasteiger partial charge in [-0.15, -0.1) is 0 Å². The molecule has 18 heavy (non-hydrogen) atoms. The maximum atomic E-state index is 8.89. The molecular formula is C14H12N2O2. The molecule has 0 aromatic heterocycles. The molecule has 0 saturated carbocycles. The first-order valence-electron chi connectivity index (χ1n) is 5.35. The molecule has 0 fully saturated rings. The van der Waals surface area contributed by atoms with Gasteiger partial charge >= 0.3 is 0 Å². The Morgan fingerprint density at radius 2 is 1.83 bits per heavy atom. The summed E-state index contributed by atoms with van der Waals surface area (Å²) in [5.41, 5.74) is 6.57. The van der Waals surface area contributed by atoms with E-state index < -0.39 is 0 Å². The van der Waals surface area contributed by atoms with Crippen molar-refractivity contribution in [2.24, 2.45) is 0 Å². The number of nitrogens with zero attached hydrogens (tertiary/aromatic N) is 1. The first kappa shape index (κ1) is 11.8. The molecular weight excluding hydrogens is 228 g/mol. The standard InChI is InChI=1S/C14H12N2O2/c1-17-11-5-3-6-12(8-11)18-13-7-2-4-10(9-15)14(13)16/h2-8H,16H2,1H3. The van der Waals surface area contributed by atoms with Crippen LogP contribution in [0.15, 0.2) is 42.5 Å². The minimum Gasteiger partial charge on any atom is -0.497 e. The van der Waals surface area contributed by atoms with Gasteiger partial charge in [-0.1, -0.05) is 12.1 Å². The summed E-state index contributed by atoms with van der Waals surface area (Å²) in [6.45, 7) is 0. The third-order valence-electron chi connectivity index (χ3n) is 2.46. The smallest absolute Gasteiger partial charge is 0.151 e. The van der Waals surface area contributed by atoms with Crippen LogP contribution in [0.5, 0.6) is 17.2 Å². The van der Waals surface area contributed by atoms with Crippen molar-refractivity contribution in [1.29, 1.82) is 5.26 Å². The van der Waals surface area contributed by atoms with Gasteiger partial charge in [-0.25, -0.2) is 0 Å². The molecule has 0 aliphatic rings. The van der Waals surface area contributed by atoms with E-state index >= 15 is 0 Å². The molecule has 2 rings (SSSR count). The summed E-state index contributed by atoms with van der Waals surface area (Å²) in [4.78, 5) is 0. The van der Waals surface area contributed by atoms with Crippen LogP contribution >= 0.6 is 0 Å². The minimum atomic E-state index is 0.336. The van der Waals surface area contributed by atoms with Crippen molar-refractivity contribution in [3.8, 4) is 23.3 Å². The number of para-hydroxylation sites is 1. The van der Waals surface area contributed by atoms with Crippen molar-refractivity contribution >= 4 is 5.69 Å². The van der Waals surface area contributed by atoms with E-state index in [0.717, 1.165) is 0 Å². The van der Waals surface area contributed by atoms with Crippen LogP contribution in [0, 0.1) is 11.3 Å². The fourth-order valence-corrected chi connectivity index (χ4v) is 1.52. The molecule has 2 aromatic rings. The molecule has 0 aliphatic heterocycles. The van der Waals surface area contributed by atoms with Gasteiger partial charge in [-0.05, 0) is 24.3 Å². The summed E-state index contributed by atoms with van der Waals surface area (Å²) in [6, 6.07) is 14.3. The molecule has 0 atom stereocenters. The van der Waals surface area contributed by atoms with Gasteiger partial charge in [-0.2, -0.15) is 5.26 Å². The molecule has 0 heterocycles. The predicted molar refractivity (Wildman–Crippen MR) is 68.6 cm³/mol. The normalized spacial score (nSPS) is 9.56. The van der Waals surface area contributed by atoms with Crippen molar-refractivity contribution in [3.05, 3.63) is 48.0 Å². The number of benzene rings is 2. The average molecular weight is 240 g/mol. The van der Waals surface area contributed by atoms with E-state index in [4.69, 9.17) is 20.5 Å². The highest BCUT2D eigenvalue weighted by atomic mass is 16.5. The lowest BCUT2D eigenvalue weighted by Gasteiger charge is -2.10. The highest BCUT2D eigenvalue weighted by molar-refractivity contribution is 5.63. The van der Waals surface area contributed by atoms with Crippen molar-refractivity contribution in [2.45, 2.75) is 0 Å². The second-order valence-electron chi connectivity index (χ2n) is 3.61. The molecule has 0 aliphatic carbocycles. The predicted octanol–water partition coefficient (Wildman–Crippen LogP) is 2.94. The zero-order valence-corrected chi connectivity index (χ0v) is 9.88. The van der Waals surface area contributed by atoms with Crippen molar-refractivity contribution in [2.75, 3.05) is 12.8 Å². The second-order valence-corrected chi connectivity index (χ2v) is 3.61. The van der Waals surface area contributed by atoms with Crippen LogP contribution in [0.3, 0.4) is 0 Å². The molecule has 0 amide bonds. The SMILES string of the molecule is COc1cccc(Oc2cccc(C#N)c2N)c1. The van der Waals surface area contributed by atoms with E-state index in [-0.39, 0.29) is 0 Å². The summed E-state index contributed by atoms with van der Waals surface area (Å²) >= 11 is 0. The topological polar surface area (TPSA) is 68.3 Å². The van der Waals surface area contributed by atoms with Crippen LogP contribution in [-0.2, 0) is 0 Å². The number of anilines is 1. The number of hydrogen-bond donors (Lipinski definition) is 1. The van der Waals surface area contributed by atoms with E-state index in [1.807, 2.05) is 18.2 Å². The summed E-state index contributed by atoms with van der Waals surface area (Å²) in [5.74, 6) is 1.76. The number of nitriles is 1. The average Bonchev–Trinajstić information content (AvgIpc) is 2.41. The lowest BCUT2D eigenvalue weighted by molar-refractivity contribution is 0.409. The van der Waals surface area contributed by atoms with Crippen LogP contribution in [0.25, 0.3) is 0 Å². The highest BCUT2D eigenvalue weighted by Gasteiger charge is 2.06. The van der Waals surface area contributed by atoms with E-state index in [9.17, 15) is 0 Å². The van der Waals surface area contributed by atoms with Crippen LogP contribution in [0.4, 0.5) is 5.69 Å². The molecule has 0 saturated heterocycles. The van der Waals surface area contributed by atoms with Crippen molar-refractivity contribution < 1.29 is 9.47 Å². The first-order chi connectivity index (χ1) is 8.74. The molecule has 2 N–H and O–H groups in total. The highest BCUT2D eigenvalue weighted by Crippen LogP contribution is 2.31. The Bertz CT molecular complexity index is 603. The first-order valence-corrected chi connectivity index (χ1v) is 5.35. The summed E-state index contributed by atoms with van der Waals surface area (Å²) in [5, 5.41) is 8.89. The van der Waals surface area contributed by atoms with Crippen molar-refractivity contribution in [1.82, 2.24) is 0 Å². The van der Waals surface area contributed by atoms with Crippen LogP contribution < -0.4 is 15.2 Å². The molecule has 4 nitrogen and oxygen atoms in total. The number of ether oxygens (including phenoxy) is 2. The van der Waals surface area contributed by atoms with E-state index in [1.54, 1.807) is 37.4 Å².